The monoisotopic (exact) mass is 422 g/mol. The summed E-state index contributed by atoms with van der Waals surface area (Å²) in [4.78, 5) is 56.2. The summed E-state index contributed by atoms with van der Waals surface area (Å²) in [5.41, 5.74) is -0.155. The lowest BCUT2D eigenvalue weighted by molar-refractivity contribution is -0.384. The van der Waals surface area contributed by atoms with Crippen LogP contribution in [0.2, 0.25) is 0 Å². The second-order valence-electron chi connectivity index (χ2n) is 5.95. The van der Waals surface area contributed by atoms with Gasteiger partial charge in [-0.2, -0.15) is 0 Å². The largest absolute Gasteiger partial charge is 0.516 e. The van der Waals surface area contributed by atoms with Crippen LogP contribution in [0.5, 0.6) is 5.75 Å². The van der Waals surface area contributed by atoms with Gasteiger partial charge in [-0.1, -0.05) is 6.42 Å². The lowest BCUT2D eigenvalue weighted by Crippen LogP contribution is -2.25. The second-order valence-corrected chi connectivity index (χ2v) is 5.95. The number of nitrogens with zero attached hydrogens (tertiary/aromatic N) is 2. The SMILES string of the molecule is CN(CCCCCC(=O)OCOC(=O)Oc1ccc([N+](=O)[O-])cc1)C(=O)/C=C\C=O. The van der Waals surface area contributed by atoms with Gasteiger partial charge >= 0.3 is 12.1 Å². The number of esters is 1. The van der Waals surface area contributed by atoms with Gasteiger partial charge in [-0.3, -0.25) is 24.5 Å². The van der Waals surface area contributed by atoms with E-state index in [4.69, 9.17) is 9.47 Å². The van der Waals surface area contributed by atoms with E-state index >= 15 is 0 Å². The van der Waals surface area contributed by atoms with E-state index in [1.54, 1.807) is 7.05 Å². The number of hydrogen-bond donors (Lipinski definition) is 0. The lowest BCUT2D eigenvalue weighted by atomic mass is 10.2. The number of nitro benzene ring substituents is 1. The molecular formula is C19H22N2O9. The normalized spacial score (nSPS) is 10.3. The molecule has 0 aromatic heterocycles. The maximum atomic E-state index is 11.6. The van der Waals surface area contributed by atoms with Gasteiger partial charge in [-0.15, -0.1) is 0 Å². The fourth-order valence-electron chi connectivity index (χ4n) is 2.13. The molecule has 0 saturated heterocycles. The Balaban J connectivity index is 2.13. The smallest absolute Gasteiger partial charge is 0.428 e. The van der Waals surface area contributed by atoms with Crippen LogP contribution in [-0.2, 0) is 23.9 Å². The molecule has 11 heteroatoms. The molecule has 0 fully saturated rings. The summed E-state index contributed by atoms with van der Waals surface area (Å²) in [7, 11) is 1.61. The summed E-state index contributed by atoms with van der Waals surface area (Å²) in [5.74, 6) is -0.794. The van der Waals surface area contributed by atoms with Crippen molar-refractivity contribution in [1.82, 2.24) is 4.90 Å². The summed E-state index contributed by atoms with van der Waals surface area (Å²) in [6.07, 6.45) is 3.69. The minimum atomic E-state index is -1.12. The Bertz CT molecular complexity index is 775. The van der Waals surface area contributed by atoms with Crippen molar-refractivity contribution in [1.29, 1.82) is 0 Å². The highest BCUT2D eigenvalue weighted by atomic mass is 16.8. The summed E-state index contributed by atoms with van der Waals surface area (Å²) in [6, 6.07) is 4.79. The van der Waals surface area contributed by atoms with Crippen molar-refractivity contribution in [3.8, 4) is 5.75 Å². The number of aldehydes is 1. The van der Waals surface area contributed by atoms with Gasteiger partial charge in [-0.25, -0.2) is 4.79 Å². The van der Waals surface area contributed by atoms with E-state index in [1.807, 2.05) is 0 Å². The van der Waals surface area contributed by atoms with Gasteiger partial charge in [0, 0.05) is 38.2 Å². The van der Waals surface area contributed by atoms with E-state index in [1.165, 1.54) is 23.1 Å². The number of rotatable bonds is 12. The molecule has 1 aromatic carbocycles. The van der Waals surface area contributed by atoms with Gasteiger partial charge in [0.25, 0.3) is 5.69 Å². The molecule has 0 heterocycles. The first-order valence-corrected chi connectivity index (χ1v) is 8.95. The van der Waals surface area contributed by atoms with Crippen molar-refractivity contribution >= 4 is 30.0 Å². The van der Waals surface area contributed by atoms with Crippen LogP contribution in [0.15, 0.2) is 36.4 Å². The average Bonchev–Trinajstić information content (AvgIpc) is 2.71. The Morgan fingerprint density at radius 1 is 1.10 bits per heavy atom. The Hall–Kier alpha value is -3.76. The molecule has 1 aromatic rings. The summed E-state index contributed by atoms with van der Waals surface area (Å²) in [6.45, 7) is -0.139. The lowest BCUT2D eigenvalue weighted by Gasteiger charge is -2.14. The van der Waals surface area contributed by atoms with E-state index in [0.717, 1.165) is 18.2 Å². The summed E-state index contributed by atoms with van der Waals surface area (Å²) >= 11 is 0. The molecule has 0 aliphatic carbocycles. The number of non-ortho nitro benzene ring substituents is 1. The van der Waals surface area contributed by atoms with E-state index in [0.29, 0.717) is 32.1 Å². The minimum Gasteiger partial charge on any atom is -0.428 e. The third kappa shape index (κ3) is 9.97. The molecule has 30 heavy (non-hydrogen) atoms. The molecule has 0 saturated carbocycles. The predicted octanol–water partition coefficient (Wildman–Crippen LogP) is 2.38. The number of carbonyl (C=O) groups is 4. The highest BCUT2D eigenvalue weighted by Gasteiger charge is 2.11. The molecule has 0 aliphatic rings. The highest BCUT2D eigenvalue weighted by Crippen LogP contribution is 2.17. The maximum absolute atomic E-state index is 11.6. The number of carbonyl (C=O) groups excluding carboxylic acids is 4. The molecule has 1 rings (SSSR count). The number of nitro groups is 1. The first-order chi connectivity index (χ1) is 14.3. The number of unbranched alkanes of at least 4 members (excludes halogenated alkanes) is 2. The third-order valence-corrected chi connectivity index (χ3v) is 3.71. The fourth-order valence-corrected chi connectivity index (χ4v) is 2.13. The van der Waals surface area contributed by atoms with Gasteiger partial charge in [0.2, 0.25) is 12.7 Å². The Morgan fingerprint density at radius 3 is 2.43 bits per heavy atom. The van der Waals surface area contributed by atoms with Crippen LogP contribution >= 0.6 is 0 Å². The molecular weight excluding hydrogens is 400 g/mol. The molecule has 0 aliphatic heterocycles. The Kier molecular flexibility index (Phi) is 10.9. The first-order valence-electron chi connectivity index (χ1n) is 8.95. The average molecular weight is 422 g/mol. The van der Waals surface area contributed by atoms with Crippen molar-refractivity contribution < 1.29 is 38.3 Å². The van der Waals surface area contributed by atoms with E-state index in [2.05, 4.69) is 4.74 Å². The quantitative estimate of drug-likeness (QED) is 0.0725. The van der Waals surface area contributed by atoms with Crippen molar-refractivity contribution in [2.75, 3.05) is 20.4 Å². The van der Waals surface area contributed by atoms with Crippen LogP contribution in [-0.4, -0.2) is 54.5 Å². The van der Waals surface area contributed by atoms with Crippen LogP contribution < -0.4 is 4.74 Å². The zero-order valence-corrected chi connectivity index (χ0v) is 16.4. The number of hydrogen-bond acceptors (Lipinski definition) is 9. The molecule has 0 N–H and O–H groups in total. The molecule has 1 amide bonds. The number of amides is 1. The third-order valence-electron chi connectivity index (χ3n) is 3.71. The first kappa shape index (κ1) is 24.3. The zero-order chi connectivity index (χ0) is 22.4. The molecule has 0 atom stereocenters. The van der Waals surface area contributed by atoms with Crippen molar-refractivity contribution in [3.63, 3.8) is 0 Å². The zero-order valence-electron chi connectivity index (χ0n) is 16.4. The number of likely N-dealkylation sites (N-methyl/N-ethyl adjacent to an activating group) is 1. The number of ether oxygens (including phenoxy) is 3. The van der Waals surface area contributed by atoms with Crippen molar-refractivity contribution in [3.05, 3.63) is 46.5 Å². The predicted molar refractivity (Wildman–Crippen MR) is 102 cm³/mol. The molecule has 0 radical (unpaired) electrons. The fraction of sp³-hybridized carbons (Fsp3) is 0.368. The van der Waals surface area contributed by atoms with Crippen LogP contribution in [0, 0.1) is 10.1 Å². The van der Waals surface area contributed by atoms with Gasteiger partial charge in [0.05, 0.1) is 4.92 Å². The topological polar surface area (TPSA) is 142 Å². The summed E-state index contributed by atoms with van der Waals surface area (Å²) < 4.78 is 14.1. The van der Waals surface area contributed by atoms with Gasteiger partial charge in [0.15, 0.2) is 0 Å². The Morgan fingerprint density at radius 2 is 1.80 bits per heavy atom. The van der Waals surface area contributed by atoms with Crippen LogP contribution in [0.4, 0.5) is 10.5 Å². The van der Waals surface area contributed by atoms with E-state index in [9.17, 15) is 29.3 Å². The van der Waals surface area contributed by atoms with Crippen molar-refractivity contribution in [2.45, 2.75) is 25.7 Å². The standard InChI is InChI=1S/C19H22N2O9/c1-20(17(23)6-5-13-22)12-4-2-3-7-18(24)28-14-29-19(25)30-16-10-8-15(9-11-16)21(26)27/h5-6,8-11,13H,2-4,7,12,14H2,1H3/b6-5-. The second kappa shape index (κ2) is 13.4. The van der Waals surface area contributed by atoms with Gasteiger partial charge in [0.1, 0.15) is 12.0 Å². The van der Waals surface area contributed by atoms with Crippen molar-refractivity contribution in [2.24, 2.45) is 0 Å². The van der Waals surface area contributed by atoms with Gasteiger partial charge < -0.3 is 19.1 Å². The summed E-state index contributed by atoms with van der Waals surface area (Å²) in [5, 5.41) is 10.5. The molecule has 0 unspecified atom stereocenters. The molecule has 11 nitrogen and oxygen atoms in total. The van der Waals surface area contributed by atoms with Crippen LogP contribution in [0.1, 0.15) is 25.7 Å². The number of allylic oxidation sites excluding steroid dienone is 1. The molecule has 0 spiro atoms. The number of benzene rings is 1. The van der Waals surface area contributed by atoms with Gasteiger partial charge in [-0.05, 0) is 31.1 Å². The van der Waals surface area contributed by atoms with E-state index in [-0.39, 0.29) is 23.8 Å². The molecule has 0 bridgehead atoms. The maximum Gasteiger partial charge on any atom is 0.516 e. The molecule has 162 valence electrons. The van der Waals surface area contributed by atoms with Crippen LogP contribution in [0.3, 0.4) is 0 Å². The Labute approximate surface area is 172 Å². The highest BCUT2D eigenvalue weighted by molar-refractivity contribution is 5.90. The van der Waals surface area contributed by atoms with Crippen LogP contribution in [0.25, 0.3) is 0 Å². The minimum absolute atomic E-state index is 0.0435. The van der Waals surface area contributed by atoms with E-state index < -0.39 is 23.8 Å².